The van der Waals surface area contributed by atoms with E-state index in [9.17, 15) is 0 Å². The summed E-state index contributed by atoms with van der Waals surface area (Å²) in [5.41, 5.74) is 6.99. The number of likely N-dealkylation sites (N-methyl/N-ethyl adjacent to an activating group) is 1. The summed E-state index contributed by atoms with van der Waals surface area (Å²) in [6, 6.07) is 6.43. The van der Waals surface area contributed by atoms with Gasteiger partial charge in [0.25, 0.3) is 0 Å². The molecule has 0 amide bonds. The molecule has 0 spiro atoms. The van der Waals surface area contributed by atoms with E-state index in [-0.39, 0.29) is 6.04 Å². The average molecular weight is 252 g/mol. The minimum Gasteiger partial charge on any atom is -0.493 e. The van der Waals surface area contributed by atoms with Crippen molar-refractivity contribution in [1.29, 1.82) is 0 Å². The first-order chi connectivity index (χ1) is 8.56. The van der Waals surface area contributed by atoms with Crippen LogP contribution < -0.4 is 15.2 Å². The van der Waals surface area contributed by atoms with Gasteiger partial charge < -0.3 is 15.2 Å². The molecular weight excluding hydrogens is 228 g/mol. The second kappa shape index (κ2) is 6.61. The number of nitrogens with two attached hydrogens (primary N) is 1. The quantitative estimate of drug-likeness (QED) is 0.841. The number of para-hydroxylation sites is 1. The molecule has 1 aromatic carbocycles. The van der Waals surface area contributed by atoms with Crippen LogP contribution in [0.25, 0.3) is 0 Å². The number of methoxy groups -OCH3 is 2. The number of hydrogen-bond acceptors (Lipinski definition) is 4. The minimum absolute atomic E-state index is 0.120. The summed E-state index contributed by atoms with van der Waals surface area (Å²) in [6.45, 7) is 4.84. The summed E-state index contributed by atoms with van der Waals surface area (Å²) in [5.74, 6) is 1.51. The molecule has 0 bridgehead atoms. The lowest BCUT2D eigenvalue weighted by Crippen LogP contribution is -2.35. The summed E-state index contributed by atoms with van der Waals surface area (Å²) in [6.07, 6.45) is 0. The standard InChI is InChI=1S/C14H24N2O2/c1-10(2)16(3)12(9-15)11-7-6-8-13(17-4)14(11)18-5/h6-8,10,12H,9,15H2,1-5H3. The Bertz CT molecular complexity index is 380. The first-order valence-corrected chi connectivity index (χ1v) is 6.19. The van der Waals surface area contributed by atoms with Gasteiger partial charge in [-0.05, 0) is 27.0 Å². The third-order valence-corrected chi connectivity index (χ3v) is 3.32. The molecule has 0 aliphatic carbocycles. The molecule has 1 rings (SSSR count). The molecular formula is C14H24N2O2. The first kappa shape index (κ1) is 14.8. The summed E-state index contributed by atoms with van der Waals surface area (Å²) >= 11 is 0. The Kier molecular flexibility index (Phi) is 5.44. The van der Waals surface area contributed by atoms with Crippen molar-refractivity contribution in [2.75, 3.05) is 27.8 Å². The maximum atomic E-state index is 5.92. The Morgan fingerprint density at radius 2 is 1.89 bits per heavy atom. The molecule has 1 aromatic rings. The van der Waals surface area contributed by atoms with E-state index >= 15 is 0 Å². The topological polar surface area (TPSA) is 47.7 Å². The summed E-state index contributed by atoms with van der Waals surface area (Å²) in [4.78, 5) is 2.23. The molecule has 0 aliphatic rings. The second-order valence-corrected chi connectivity index (χ2v) is 4.59. The molecule has 0 fully saturated rings. The smallest absolute Gasteiger partial charge is 0.165 e. The van der Waals surface area contributed by atoms with Gasteiger partial charge in [0, 0.05) is 18.2 Å². The van der Waals surface area contributed by atoms with Crippen molar-refractivity contribution in [3.8, 4) is 11.5 Å². The van der Waals surface area contributed by atoms with Crippen molar-refractivity contribution in [1.82, 2.24) is 4.90 Å². The van der Waals surface area contributed by atoms with Crippen LogP contribution in [0, 0.1) is 0 Å². The molecule has 1 atom stereocenters. The van der Waals surface area contributed by atoms with Gasteiger partial charge in [0.05, 0.1) is 20.3 Å². The van der Waals surface area contributed by atoms with Crippen LogP contribution >= 0.6 is 0 Å². The van der Waals surface area contributed by atoms with Gasteiger partial charge in [-0.3, -0.25) is 4.90 Å². The summed E-state index contributed by atoms with van der Waals surface area (Å²) < 4.78 is 10.8. The molecule has 18 heavy (non-hydrogen) atoms. The monoisotopic (exact) mass is 252 g/mol. The molecule has 102 valence electrons. The third kappa shape index (κ3) is 2.94. The maximum Gasteiger partial charge on any atom is 0.165 e. The zero-order valence-corrected chi connectivity index (χ0v) is 11.9. The highest BCUT2D eigenvalue weighted by molar-refractivity contribution is 5.48. The predicted molar refractivity (Wildman–Crippen MR) is 74.2 cm³/mol. The largest absolute Gasteiger partial charge is 0.493 e. The number of benzene rings is 1. The van der Waals surface area contributed by atoms with E-state index in [1.54, 1.807) is 14.2 Å². The molecule has 0 heterocycles. The van der Waals surface area contributed by atoms with Crippen molar-refractivity contribution in [2.45, 2.75) is 25.9 Å². The van der Waals surface area contributed by atoms with E-state index in [0.717, 1.165) is 17.1 Å². The molecule has 4 nitrogen and oxygen atoms in total. The molecule has 0 saturated heterocycles. The molecule has 2 N–H and O–H groups in total. The van der Waals surface area contributed by atoms with Gasteiger partial charge in [0.15, 0.2) is 11.5 Å². The lowest BCUT2D eigenvalue weighted by Gasteiger charge is -2.31. The first-order valence-electron chi connectivity index (χ1n) is 6.19. The van der Waals surface area contributed by atoms with E-state index in [2.05, 4.69) is 25.8 Å². The zero-order valence-electron chi connectivity index (χ0n) is 11.9. The zero-order chi connectivity index (χ0) is 13.7. The van der Waals surface area contributed by atoms with Crippen LogP contribution in [0.15, 0.2) is 18.2 Å². The van der Waals surface area contributed by atoms with Gasteiger partial charge in [-0.25, -0.2) is 0 Å². The van der Waals surface area contributed by atoms with Crippen LogP contribution in [0.3, 0.4) is 0 Å². The highest BCUT2D eigenvalue weighted by Crippen LogP contribution is 2.36. The van der Waals surface area contributed by atoms with E-state index in [1.807, 2.05) is 18.2 Å². The van der Waals surface area contributed by atoms with E-state index in [4.69, 9.17) is 15.2 Å². The van der Waals surface area contributed by atoms with Crippen LogP contribution in [0.2, 0.25) is 0 Å². The second-order valence-electron chi connectivity index (χ2n) is 4.59. The molecule has 1 unspecified atom stereocenters. The van der Waals surface area contributed by atoms with E-state index in [1.165, 1.54) is 0 Å². The van der Waals surface area contributed by atoms with Crippen LogP contribution in [0.5, 0.6) is 11.5 Å². The van der Waals surface area contributed by atoms with Gasteiger partial charge in [0.1, 0.15) is 0 Å². The van der Waals surface area contributed by atoms with Crippen molar-refractivity contribution in [3.63, 3.8) is 0 Å². The Morgan fingerprint density at radius 3 is 2.33 bits per heavy atom. The van der Waals surface area contributed by atoms with Crippen molar-refractivity contribution >= 4 is 0 Å². The SMILES string of the molecule is COc1cccc(C(CN)N(C)C(C)C)c1OC. The molecule has 0 radical (unpaired) electrons. The van der Waals surface area contributed by atoms with Crippen molar-refractivity contribution in [2.24, 2.45) is 5.73 Å². The molecule has 4 heteroatoms. The Labute approximate surface area is 110 Å². The number of ether oxygens (including phenoxy) is 2. The van der Waals surface area contributed by atoms with E-state index < -0.39 is 0 Å². The van der Waals surface area contributed by atoms with E-state index in [0.29, 0.717) is 12.6 Å². The Morgan fingerprint density at radius 1 is 1.22 bits per heavy atom. The van der Waals surface area contributed by atoms with Gasteiger partial charge >= 0.3 is 0 Å². The Hall–Kier alpha value is -1.26. The highest BCUT2D eigenvalue weighted by Gasteiger charge is 2.23. The highest BCUT2D eigenvalue weighted by atomic mass is 16.5. The molecule has 0 aromatic heterocycles. The Balaban J connectivity index is 3.20. The number of rotatable bonds is 6. The van der Waals surface area contributed by atoms with Crippen molar-refractivity contribution in [3.05, 3.63) is 23.8 Å². The van der Waals surface area contributed by atoms with Crippen LogP contribution in [-0.4, -0.2) is 38.8 Å². The van der Waals surface area contributed by atoms with Gasteiger partial charge in [-0.15, -0.1) is 0 Å². The fraction of sp³-hybridized carbons (Fsp3) is 0.571. The summed E-state index contributed by atoms with van der Waals surface area (Å²) in [7, 11) is 5.37. The number of nitrogens with zero attached hydrogens (tertiary/aromatic N) is 1. The third-order valence-electron chi connectivity index (χ3n) is 3.32. The van der Waals surface area contributed by atoms with Crippen LogP contribution in [0.1, 0.15) is 25.5 Å². The average Bonchev–Trinajstić information content (AvgIpc) is 2.38. The number of hydrogen-bond donors (Lipinski definition) is 1. The van der Waals surface area contributed by atoms with Crippen LogP contribution in [-0.2, 0) is 0 Å². The van der Waals surface area contributed by atoms with Crippen molar-refractivity contribution < 1.29 is 9.47 Å². The fourth-order valence-corrected chi connectivity index (χ4v) is 2.05. The van der Waals surface area contributed by atoms with Gasteiger partial charge in [-0.1, -0.05) is 12.1 Å². The predicted octanol–water partition coefficient (Wildman–Crippen LogP) is 2.04. The van der Waals surface area contributed by atoms with Gasteiger partial charge in [0.2, 0.25) is 0 Å². The maximum absolute atomic E-state index is 5.92. The van der Waals surface area contributed by atoms with Crippen LogP contribution in [0.4, 0.5) is 0 Å². The lowest BCUT2D eigenvalue weighted by atomic mass is 10.0. The normalized spacial score (nSPS) is 12.9. The summed E-state index contributed by atoms with van der Waals surface area (Å²) in [5, 5.41) is 0. The minimum atomic E-state index is 0.120. The molecule has 0 aliphatic heterocycles. The van der Waals surface area contributed by atoms with Gasteiger partial charge in [-0.2, -0.15) is 0 Å². The molecule has 0 saturated carbocycles. The lowest BCUT2D eigenvalue weighted by molar-refractivity contribution is 0.196. The fourth-order valence-electron chi connectivity index (χ4n) is 2.05.